The molecule has 1 aliphatic heterocycles. The summed E-state index contributed by atoms with van der Waals surface area (Å²) >= 11 is 0. The Hall–Kier alpha value is -2.65. The second-order valence-electron chi connectivity index (χ2n) is 6.37. The first-order valence-electron chi connectivity index (χ1n) is 8.40. The Morgan fingerprint density at radius 3 is 3.08 bits per heavy atom. The number of aromatic nitrogens is 4. The van der Waals surface area contributed by atoms with Gasteiger partial charge in [0.25, 0.3) is 0 Å². The molecule has 0 aromatic carbocycles. The highest BCUT2D eigenvalue weighted by atomic mass is 15.3. The number of nitriles is 1. The van der Waals surface area contributed by atoms with Gasteiger partial charge in [-0.25, -0.2) is 4.98 Å². The average molecular weight is 320 g/mol. The molecule has 0 amide bonds. The fourth-order valence-electron chi connectivity index (χ4n) is 3.66. The van der Waals surface area contributed by atoms with Crippen molar-refractivity contribution in [3.05, 3.63) is 54.4 Å². The quantitative estimate of drug-likeness (QED) is 0.741. The summed E-state index contributed by atoms with van der Waals surface area (Å²) in [7, 11) is 0. The molecule has 1 aliphatic rings. The van der Waals surface area contributed by atoms with Crippen LogP contribution in [0.5, 0.6) is 0 Å². The lowest BCUT2D eigenvalue weighted by Gasteiger charge is -2.35. The molecule has 0 N–H and O–H groups in total. The van der Waals surface area contributed by atoms with Crippen LogP contribution in [0.25, 0.3) is 5.52 Å². The molecule has 1 fully saturated rings. The van der Waals surface area contributed by atoms with Gasteiger partial charge in [0.1, 0.15) is 18.7 Å². The van der Waals surface area contributed by atoms with Crippen molar-refractivity contribution in [1.29, 1.82) is 5.26 Å². The summed E-state index contributed by atoms with van der Waals surface area (Å²) in [6.45, 7) is 2.73. The molecule has 24 heavy (non-hydrogen) atoms. The van der Waals surface area contributed by atoms with Gasteiger partial charge < -0.3 is 4.40 Å². The van der Waals surface area contributed by atoms with E-state index in [2.05, 4.69) is 27.2 Å². The zero-order chi connectivity index (χ0) is 16.4. The molecule has 0 spiro atoms. The number of hydrogen-bond acceptors (Lipinski definition) is 4. The van der Waals surface area contributed by atoms with Gasteiger partial charge in [0.2, 0.25) is 0 Å². The lowest BCUT2D eigenvalue weighted by Crippen LogP contribution is -2.41. The molecule has 3 aromatic heterocycles. The fourth-order valence-corrected chi connectivity index (χ4v) is 3.66. The van der Waals surface area contributed by atoms with Gasteiger partial charge in [-0.05, 0) is 31.5 Å². The van der Waals surface area contributed by atoms with E-state index in [1.165, 1.54) is 12.8 Å². The van der Waals surface area contributed by atoms with Gasteiger partial charge >= 0.3 is 0 Å². The van der Waals surface area contributed by atoms with Crippen molar-refractivity contribution in [2.45, 2.75) is 38.4 Å². The van der Waals surface area contributed by atoms with Crippen molar-refractivity contribution < 1.29 is 0 Å². The van der Waals surface area contributed by atoms with E-state index >= 15 is 0 Å². The highest BCUT2D eigenvalue weighted by Gasteiger charge is 2.24. The van der Waals surface area contributed by atoms with Crippen LogP contribution in [0.2, 0.25) is 0 Å². The molecule has 6 nitrogen and oxygen atoms in total. The standard InChI is InChI=1S/C18H20N6/c19-9-17-15(11-23-8-4-2-6-18(17)23)10-22-7-3-1-5-16(22)12-24-14-20-13-21-24/h2,4,6,8,11,13-14,16H,1,3,5,7,10,12H2/t16-/m1/s1. The minimum atomic E-state index is 0.440. The van der Waals surface area contributed by atoms with Crippen LogP contribution in [0, 0.1) is 11.3 Å². The van der Waals surface area contributed by atoms with Gasteiger partial charge in [0.15, 0.2) is 0 Å². The number of pyridine rings is 1. The van der Waals surface area contributed by atoms with E-state index in [9.17, 15) is 5.26 Å². The molecule has 0 saturated carbocycles. The van der Waals surface area contributed by atoms with Crippen LogP contribution >= 0.6 is 0 Å². The Morgan fingerprint density at radius 1 is 1.29 bits per heavy atom. The number of hydrogen-bond donors (Lipinski definition) is 0. The maximum absolute atomic E-state index is 9.60. The Balaban J connectivity index is 1.59. The molecule has 4 heterocycles. The Labute approximate surface area is 140 Å². The van der Waals surface area contributed by atoms with Crippen molar-refractivity contribution in [2.24, 2.45) is 0 Å². The molecular weight excluding hydrogens is 300 g/mol. The summed E-state index contributed by atoms with van der Waals surface area (Å²) in [5.74, 6) is 0. The zero-order valence-corrected chi connectivity index (χ0v) is 13.5. The average Bonchev–Trinajstić information content (AvgIpc) is 3.23. The van der Waals surface area contributed by atoms with Crippen LogP contribution in [0.1, 0.15) is 30.4 Å². The van der Waals surface area contributed by atoms with E-state index in [1.54, 1.807) is 12.7 Å². The van der Waals surface area contributed by atoms with Gasteiger partial charge in [-0.2, -0.15) is 10.4 Å². The first-order valence-corrected chi connectivity index (χ1v) is 8.40. The van der Waals surface area contributed by atoms with E-state index in [0.29, 0.717) is 6.04 Å². The second-order valence-corrected chi connectivity index (χ2v) is 6.37. The van der Waals surface area contributed by atoms with Crippen LogP contribution < -0.4 is 0 Å². The van der Waals surface area contributed by atoms with Gasteiger partial charge in [0.05, 0.1) is 17.6 Å². The molecule has 122 valence electrons. The van der Waals surface area contributed by atoms with E-state index in [-0.39, 0.29) is 0 Å². The highest BCUT2D eigenvalue weighted by molar-refractivity contribution is 5.65. The summed E-state index contributed by atoms with van der Waals surface area (Å²) in [5.41, 5.74) is 2.88. The number of piperidine rings is 1. The van der Waals surface area contributed by atoms with E-state index in [0.717, 1.165) is 42.7 Å². The summed E-state index contributed by atoms with van der Waals surface area (Å²) in [5, 5.41) is 13.8. The van der Waals surface area contributed by atoms with E-state index < -0.39 is 0 Å². The monoisotopic (exact) mass is 320 g/mol. The molecule has 1 saturated heterocycles. The predicted octanol–water partition coefficient (Wildman–Crippen LogP) is 2.46. The fraction of sp³-hybridized carbons (Fsp3) is 0.389. The third kappa shape index (κ3) is 2.79. The maximum atomic E-state index is 9.60. The Kier molecular flexibility index (Phi) is 4.01. The summed E-state index contributed by atoms with van der Waals surface area (Å²) in [6.07, 6.45) is 11.1. The molecule has 4 rings (SSSR count). The van der Waals surface area contributed by atoms with Crippen molar-refractivity contribution in [3.63, 3.8) is 0 Å². The number of likely N-dealkylation sites (tertiary alicyclic amines) is 1. The third-order valence-electron chi connectivity index (χ3n) is 4.86. The van der Waals surface area contributed by atoms with Gasteiger partial charge in [-0.15, -0.1) is 0 Å². The SMILES string of the molecule is N#Cc1c(CN2CCCC[C@@H]2Cn2cncn2)cn2ccccc12. The largest absolute Gasteiger partial charge is 0.322 e. The highest BCUT2D eigenvalue weighted by Crippen LogP contribution is 2.24. The van der Waals surface area contributed by atoms with Gasteiger partial charge in [-0.3, -0.25) is 9.58 Å². The summed E-state index contributed by atoms with van der Waals surface area (Å²) < 4.78 is 3.95. The lowest BCUT2D eigenvalue weighted by atomic mass is 10.0. The van der Waals surface area contributed by atoms with Gasteiger partial charge in [-0.1, -0.05) is 12.5 Å². The number of fused-ring (bicyclic) bond motifs is 1. The van der Waals surface area contributed by atoms with Crippen LogP contribution in [0.15, 0.2) is 43.2 Å². The molecule has 0 radical (unpaired) electrons. The third-order valence-corrected chi connectivity index (χ3v) is 4.86. The normalized spacial score (nSPS) is 18.7. The molecular formula is C18H20N6. The Morgan fingerprint density at radius 2 is 2.25 bits per heavy atom. The minimum Gasteiger partial charge on any atom is -0.322 e. The van der Waals surface area contributed by atoms with Crippen molar-refractivity contribution in [2.75, 3.05) is 6.54 Å². The Bertz CT molecular complexity index is 857. The maximum Gasteiger partial charge on any atom is 0.137 e. The second kappa shape index (κ2) is 6.46. The van der Waals surface area contributed by atoms with Gasteiger partial charge in [0, 0.05) is 30.5 Å². The van der Waals surface area contributed by atoms with Crippen molar-refractivity contribution in [3.8, 4) is 6.07 Å². The zero-order valence-electron chi connectivity index (χ0n) is 13.5. The van der Waals surface area contributed by atoms with E-state index in [4.69, 9.17) is 0 Å². The first kappa shape index (κ1) is 14.9. The molecule has 0 aliphatic carbocycles. The molecule has 0 unspecified atom stereocenters. The smallest absolute Gasteiger partial charge is 0.137 e. The molecule has 6 heteroatoms. The first-order chi connectivity index (χ1) is 11.8. The van der Waals surface area contributed by atoms with E-state index in [1.807, 2.05) is 33.5 Å². The summed E-state index contributed by atoms with van der Waals surface area (Å²) in [6, 6.07) is 8.81. The number of nitrogens with zero attached hydrogens (tertiary/aromatic N) is 6. The lowest BCUT2D eigenvalue weighted by molar-refractivity contribution is 0.122. The molecule has 3 aromatic rings. The van der Waals surface area contributed by atoms with Crippen LogP contribution in [-0.2, 0) is 13.1 Å². The van der Waals surface area contributed by atoms with Crippen LogP contribution in [-0.4, -0.2) is 36.7 Å². The van der Waals surface area contributed by atoms with Crippen LogP contribution in [0.4, 0.5) is 0 Å². The number of rotatable bonds is 4. The molecule has 1 atom stereocenters. The van der Waals surface area contributed by atoms with Crippen LogP contribution in [0.3, 0.4) is 0 Å². The summed E-state index contributed by atoms with van der Waals surface area (Å²) in [4.78, 5) is 6.53. The minimum absolute atomic E-state index is 0.440. The van der Waals surface area contributed by atoms with Crippen molar-refractivity contribution in [1.82, 2.24) is 24.1 Å². The topological polar surface area (TPSA) is 62.2 Å². The van der Waals surface area contributed by atoms with Crippen molar-refractivity contribution >= 4 is 5.52 Å². The molecule has 0 bridgehead atoms. The predicted molar refractivity (Wildman–Crippen MR) is 90.2 cm³/mol.